The third-order valence-electron chi connectivity index (χ3n) is 6.88. The Morgan fingerprint density at radius 2 is 1.88 bits per heavy atom. The first-order valence-electron chi connectivity index (χ1n) is 12.8. The molecule has 0 spiro atoms. The number of carbonyl (C=O) groups excluding carboxylic acids is 1. The first-order chi connectivity index (χ1) is 19.4. The van der Waals surface area contributed by atoms with E-state index in [1.807, 2.05) is 6.92 Å². The van der Waals surface area contributed by atoms with Gasteiger partial charge in [0.25, 0.3) is 26.0 Å². The van der Waals surface area contributed by atoms with Crippen LogP contribution < -0.4 is 14.2 Å². The summed E-state index contributed by atoms with van der Waals surface area (Å²) in [5, 5.41) is 11.6. The van der Waals surface area contributed by atoms with Crippen LogP contribution in [0.25, 0.3) is 0 Å². The van der Waals surface area contributed by atoms with Gasteiger partial charge >= 0.3 is 0 Å². The molecule has 1 aromatic heterocycles. The zero-order valence-electron chi connectivity index (χ0n) is 23.1. The molecular weight excluding hydrogens is 591 g/mol. The van der Waals surface area contributed by atoms with Gasteiger partial charge in [-0.15, -0.1) is 11.3 Å². The van der Waals surface area contributed by atoms with Gasteiger partial charge in [-0.2, -0.15) is 4.31 Å². The van der Waals surface area contributed by atoms with Gasteiger partial charge in [0.05, 0.1) is 36.8 Å². The molecule has 1 aliphatic rings. The van der Waals surface area contributed by atoms with Gasteiger partial charge in [-0.25, -0.2) is 16.8 Å². The minimum absolute atomic E-state index is 0.00221. The second kappa shape index (κ2) is 12.4. The number of hydrogen-bond acceptors (Lipinski definition) is 9. The molecule has 0 aliphatic carbocycles. The van der Waals surface area contributed by atoms with Crippen LogP contribution in [-0.2, 0) is 20.0 Å². The number of nitrogens with zero attached hydrogens (tertiary/aromatic N) is 2. The smallest absolute Gasteiger partial charge is 0.261 e. The van der Waals surface area contributed by atoms with Crippen LogP contribution >= 0.6 is 11.3 Å². The Morgan fingerprint density at radius 3 is 2.49 bits per heavy atom. The van der Waals surface area contributed by atoms with Crippen molar-refractivity contribution in [2.24, 2.45) is 5.92 Å². The van der Waals surface area contributed by atoms with Crippen LogP contribution in [-0.4, -0.2) is 83.1 Å². The van der Waals surface area contributed by atoms with Crippen LogP contribution in [0.3, 0.4) is 0 Å². The summed E-state index contributed by atoms with van der Waals surface area (Å²) in [5.41, 5.74) is 0.219. The third kappa shape index (κ3) is 6.67. The quantitative estimate of drug-likeness (QED) is 0.351. The van der Waals surface area contributed by atoms with Crippen molar-refractivity contribution in [3.05, 3.63) is 65.5 Å². The summed E-state index contributed by atoms with van der Waals surface area (Å²) in [6, 6.07) is 12.8. The van der Waals surface area contributed by atoms with Crippen molar-refractivity contribution in [2.45, 2.75) is 35.1 Å². The number of nitrogens with one attached hydrogen (secondary N) is 1. The van der Waals surface area contributed by atoms with E-state index in [-0.39, 0.29) is 51.7 Å². The molecule has 11 nitrogen and oxygen atoms in total. The molecule has 2 aromatic carbocycles. The molecule has 0 saturated heterocycles. The van der Waals surface area contributed by atoms with E-state index in [0.717, 1.165) is 11.3 Å². The Hall–Kier alpha value is -3.17. The Morgan fingerprint density at radius 1 is 1.17 bits per heavy atom. The molecule has 2 N–H and O–H groups in total. The highest BCUT2D eigenvalue weighted by Crippen LogP contribution is 2.32. The number of ether oxygens (including phenoxy) is 2. The number of methoxy groups -OCH3 is 1. The number of aliphatic hydroxyl groups is 1. The van der Waals surface area contributed by atoms with E-state index >= 15 is 0 Å². The van der Waals surface area contributed by atoms with Crippen LogP contribution in [0.1, 0.15) is 24.2 Å². The maximum Gasteiger partial charge on any atom is 0.261 e. The molecule has 0 bridgehead atoms. The molecule has 0 saturated carbocycles. The number of anilines is 1. The minimum Gasteiger partial charge on any atom is -0.497 e. The van der Waals surface area contributed by atoms with Crippen molar-refractivity contribution < 1.29 is 36.2 Å². The number of likely N-dealkylation sites (N-methyl/N-ethyl adjacent to an activating group) is 1. The normalized spacial score (nSPS) is 18.7. The molecule has 0 radical (unpaired) electrons. The number of amides is 1. The van der Waals surface area contributed by atoms with Crippen LogP contribution in [0.2, 0.25) is 0 Å². The highest BCUT2D eigenvalue weighted by Gasteiger charge is 2.35. The van der Waals surface area contributed by atoms with Gasteiger partial charge < -0.3 is 19.5 Å². The number of benzene rings is 2. The Labute approximate surface area is 244 Å². The Kier molecular flexibility index (Phi) is 9.29. The summed E-state index contributed by atoms with van der Waals surface area (Å²) < 4.78 is 67.5. The van der Waals surface area contributed by atoms with Crippen molar-refractivity contribution in [3.8, 4) is 11.5 Å². The molecule has 2 heterocycles. The first kappa shape index (κ1) is 30.8. The zero-order valence-corrected chi connectivity index (χ0v) is 25.5. The molecule has 222 valence electrons. The average Bonchev–Trinajstić information content (AvgIpc) is 3.51. The molecular formula is C27H33N3O8S3. The number of aliphatic hydroxyl groups excluding tert-OH is 1. The van der Waals surface area contributed by atoms with Gasteiger partial charge in [-0.05, 0) is 60.8 Å². The van der Waals surface area contributed by atoms with Crippen LogP contribution in [0, 0.1) is 5.92 Å². The Bertz CT molecular complexity index is 1580. The number of thiophene rings is 1. The van der Waals surface area contributed by atoms with Crippen LogP contribution in [0.4, 0.5) is 5.69 Å². The monoisotopic (exact) mass is 623 g/mol. The molecule has 0 fully saturated rings. The standard InChI is InChI=1S/C27H33N3O8S3/c1-18-15-30(19(2)17-31)27(32)23-14-20(28-40(33,34)22-10-8-21(37-4)9-11-22)7-12-24(23)38-25(18)16-29(3)41(35,36)26-6-5-13-39-26/h5-14,18-19,25,28,31H,15-17H2,1-4H3/t18-,19+,25-/m0/s1. The fourth-order valence-corrected chi connectivity index (χ4v) is 7.82. The summed E-state index contributed by atoms with van der Waals surface area (Å²) in [5.74, 6) is -0.0771. The fraction of sp³-hybridized carbons (Fsp3) is 0.370. The largest absolute Gasteiger partial charge is 0.497 e. The lowest BCUT2D eigenvalue weighted by molar-refractivity contribution is 0.0387. The van der Waals surface area contributed by atoms with E-state index in [1.54, 1.807) is 18.4 Å². The van der Waals surface area contributed by atoms with Crippen molar-refractivity contribution in [1.29, 1.82) is 0 Å². The lowest BCUT2D eigenvalue weighted by atomic mass is 9.99. The molecule has 0 unspecified atom stereocenters. The topological polar surface area (TPSA) is 143 Å². The second-order valence-corrected chi connectivity index (χ2v) is 14.7. The lowest BCUT2D eigenvalue weighted by Crippen LogP contribution is -2.50. The zero-order chi connectivity index (χ0) is 29.9. The Balaban J connectivity index is 1.67. The van der Waals surface area contributed by atoms with Crippen molar-refractivity contribution in [3.63, 3.8) is 0 Å². The predicted octanol–water partition coefficient (Wildman–Crippen LogP) is 3.10. The first-order valence-corrected chi connectivity index (χ1v) is 16.6. The summed E-state index contributed by atoms with van der Waals surface area (Å²) in [6.07, 6.45) is -0.656. The number of sulfonamides is 2. The lowest BCUT2D eigenvalue weighted by Gasteiger charge is -2.38. The van der Waals surface area contributed by atoms with Crippen molar-refractivity contribution in [1.82, 2.24) is 9.21 Å². The van der Waals surface area contributed by atoms with Crippen molar-refractivity contribution in [2.75, 3.05) is 38.6 Å². The number of fused-ring (bicyclic) bond motifs is 1. The molecule has 41 heavy (non-hydrogen) atoms. The number of hydrogen-bond donors (Lipinski definition) is 2. The molecule has 3 aromatic rings. The molecule has 1 aliphatic heterocycles. The summed E-state index contributed by atoms with van der Waals surface area (Å²) in [4.78, 5) is 15.2. The molecule has 3 atom stereocenters. The maximum absolute atomic E-state index is 13.7. The predicted molar refractivity (Wildman–Crippen MR) is 156 cm³/mol. The molecule has 1 amide bonds. The maximum atomic E-state index is 13.7. The van der Waals surface area contributed by atoms with E-state index in [1.165, 1.54) is 71.9 Å². The van der Waals surface area contributed by atoms with E-state index in [0.29, 0.717) is 5.75 Å². The van der Waals surface area contributed by atoms with Crippen molar-refractivity contribution >= 4 is 43.0 Å². The molecule has 14 heteroatoms. The van der Waals surface area contributed by atoms with E-state index < -0.39 is 38.1 Å². The van der Waals surface area contributed by atoms with Crippen LogP contribution in [0.15, 0.2) is 69.1 Å². The van der Waals surface area contributed by atoms with Gasteiger partial charge in [-0.3, -0.25) is 9.52 Å². The highest BCUT2D eigenvalue weighted by molar-refractivity contribution is 7.92. The summed E-state index contributed by atoms with van der Waals surface area (Å²) >= 11 is 1.12. The van der Waals surface area contributed by atoms with E-state index in [4.69, 9.17) is 9.47 Å². The van der Waals surface area contributed by atoms with Gasteiger partial charge in [0, 0.05) is 25.2 Å². The average molecular weight is 624 g/mol. The fourth-order valence-electron chi connectivity index (χ4n) is 4.39. The third-order valence-corrected chi connectivity index (χ3v) is 11.5. The number of rotatable bonds is 10. The van der Waals surface area contributed by atoms with E-state index in [2.05, 4.69) is 4.72 Å². The number of carbonyl (C=O) groups is 1. The summed E-state index contributed by atoms with van der Waals surface area (Å²) in [6.45, 7) is 3.44. The van der Waals surface area contributed by atoms with Gasteiger partial charge in [0.15, 0.2) is 0 Å². The molecule has 4 rings (SSSR count). The SMILES string of the molecule is COc1ccc(S(=O)(=O)Nc2ccc3c(c2)C(=O)N([C@H](C)CO)C[C@H](C)[C@H](CN(C)S(=O)(=O)c2cccs2)O3)cc1. The minimum atomic E-state index is -3.99. The van der Waals surface area contributed by atoms with Gasteiger partial charge in [-0.1, -0.05) is 13.0 Å². The van der Waals surface area contributed by atoms with Gasteiger partial charge in [0.1, 0.15) is 21.8 Å². The van der Waals surface area contributed by atoms with E-state index in [9.17, 15) is 26.7 Å². The van der Waals surface area contributed by atoms with Crippen LogP contribution in [0.5, 0.6) is 11.5 Å². The summed E-state index contributed by atoms with van der Waals surface area (Å²) in [7, 11) is -4.79. The second-order valence-electron chi connectivity index (χ2n) is 9.83. The highest BCUT2D eigenvalue weighted by atomic mass is 32.2. The van der Waals surface area contributed by atoms with Gasteiger partial charge in [0.2, 0.25) is 0 Å².